The van der Waals surface area contributed by atoms with Crippen LogP contribution in [0.4, 0.5) is 4.79 Å². The molecule has 2 heterocycles. The van der Waals surface area contributed by atoms with Crippen molar-refractivity contribution in [1.82, 2.24) is 10.2 Å². The summed E-state index contributed by atoms with van der Waals surface area (Å²) in [6.07, 6.45) is 2.25. The number of urea groups is 1. The fourth-order valence-electron chi connectivity index (χ4n) is 3.99. The first-order valence-corrected chi connectivity index (χ1v) is 9.63. The third-order valence-corrected chi connectivity index (χ3v) is 5.59. The molecule has 5 heteroatoms. The Labute approximate surface area is 160 Å². The third kappa shape index (κ3) is 3.78. The summed E-state index contributed by atoms with van der Waals surface area (Å²) in [4.78, 5) is 14.3. The van der Waals surface area contributed by atoms with Gasteiger partial charge in [0, 0.05) is 26.1 Å². The number of amides is 2. The summed E-state index contributed by atoms with van der Waals surface area (Å²) in [6.45, 7) is 3.66. The number of ether oxygens (including phenoxy) is 1. The van der Waals surface area contributed by atoms with Crippen LogP contribution in [0, 0.1) is 0 Å². The summed E-state index contributed by atoms with van der Waals surface area (Å²) in [5, 5.41) is 13.9. The van der Waals surface area contributed by atoms with Crippen LogP contribution in [-0.4, -0.2) is 35.2 Å². The van der Waals surface area contributed by atoms with Crippen LogP contribution in [-0.2, 0) is 18.6 Å². The van der Waals surface area contributed by atoms with Crippen molar-refractivity contribution in [2.75, 3.05) is 13.1 Å². The summed E-state index contributed by atoms with van der Waals surface area (Å²) in [5.41, 5.74) is 2.38. The second kappa shape index (κ2) is 7.24. The maximum atomic E-state index is 12.5. The molecule has 2 aliphatic heterocycles. The molecule has 2 amide bonds. The molecule has 5 nitrogen and oxygen atoms in total. The number of rotatable bonds is 3. The van der Waals surface area contributed by atoms with Crippen LogP contribution in [0.3, 0.4) is 0 Å². The van der Waals surface area contributed by atoms with Gasteiger partial charge in [0.2, 0.25) is 0 Å². The van der Waals surface area contributed by atoms with Crippen LogP contribution >= 0.6 is 0 Å². The largest absolute Gasteiger partial charge is 0.490 e. The van der Waals surface area contributed by atoms with E-state index in [1.54, 1.807) is 4.90 Å². The molecule has 0 unspecified atom stereocenters. The minimum Gasteiger partial charge on any atom is -0.490 e. The summed E-state index contributed by atoms with van der Waals surface area (Å²) in [6, 6.07) is 15.8. The number of carbonyl (C=O) groups is 1. The van der Waals surface area contributed by atoms with E-state index in [1.807, 2.05) is 42.5 Å². The van der Waals surface area contributed by atoms with Crippen LogP contribution in [0.2, 0.25) is 0 Å². The van der Waals surface area contributed by atoms with Crippen molar-refractivity contribution in [3.05, 3.63) is 65.2 Å². The van der Waals surface area contributed by atoms with Crippen LogP contribution in [0.1, 0.15) is 36.5 Å². The SMILES string of the molecule is C[C@H]1Cc2cc(CNC(=O)N3CCC(O)(c4ccccc4)CC3)ccc2O1. The van der Waals surface area contributed by atoms with E-state index in [-0.39, 0.29) is 12.1 Å². The van der Waals surface area contributed by atoms with E-state index in [2.05, 4.69) is 18.3 Å². The average Bonchev–Trinajstić information content (AvgIpc) is 3.06. The minimum absolute atomic E-state index is 0.0739. The van der Waals surface area contributed by atoms with Gasteiger partial charge >= 0.3 is 6.03 Å². The quantitative estimate of drug-likeness (QED) is 0.877. The highest BCUT2D eigenvalue weighted by atomic mass is 16.5. The fraction of sp³-hybridized carbons (Fsp3) is 0.409. The van der Waals surface area contributed by atoms with Crippen LogP contribution < -0.4 is 10.1 Å². The monoisotopic (exact) mass is 366 g/mol. The Balaban J connectivity index is 1.31. The number of nitrogens with zero attached hydrogens (tertiary/aromatic N) is 1. The first-order valence-electron chi connectivity index (χ1n) is 9.63. The van der Waals surface area contributed by atoms with Crippen molar-refractivity contribution in [1.29, 1.82) is 0 Å². The maximum Gasteiger partial charge on any atom is 0.317 e. The lowest BCUT2D eigenvalue weighted by atomic mass is 9.84. The van der Waals surface area contributed by atoms with Gasteiger partial charge in [0.1, 0.15) is 11.9 Å². The number of piperidine rings is 1. The number of nitrogens with one attached hydrogen (secondary N) is 1. The Morgan fingerprint density at radius 2 is 1.96 bits per heavy atom. The molecular formula is C22H26N2O3. The van der Waals surface area contributed by atoms with Gasteiger partial charge in [0.05, 0.1) is 5.60 Å². The normalized spacial score (nSPS) is 20.7. The van der Waals surface area contributed by atoms with Gasteiger partial charge in [-0.3, -0.25) is 0 Å². The van der Waals surface area contributed by atoms with Gasteiger partial charge in [-0.15, -0.1) is 0 Å². The Hall–Kier alpha value is -2.53. The number of carbonyl (C=O) groups excluding carboxylic acids is 1. The van der Waals surface area contributed by atoms with Crippen LogP contribution in [0.15, 0.2) is 48.5 Å². The fourth-order valence-corrected chi connectivity index (χ4v) is 3.99. The molecule has 2 aromatic carbocycles. The molecule has 1 atom stereocenters. The van der Waals surface area contributed by atoms with Crippen molar-refractivity contribution < 1.29 is 14.6 Å². The summed E-state index contributed by atoms with van der Waals surface area (Å²) in [5.74, 6) is 0.953. The van der Waals surface area contributed by atoms with Crippen LogP contribution in [0.5, 0.6) is 5.75 Å². The predicted molar refractivity (Wildman–Crippen MR) is 104 cm³/mol. The molecular weight excluding hydrogens is 340 g/mol. The smallest absolute Gasteiger partial charge is 0.317 e. The number of benzene rings is 2. The number of fused-ring (bicyclic) bond motifs is 1. The average molecular weight is 366 g/mol. The summed E-state index contributed by atoms with van der Waals surface area (Å²) in [7, 11) is 0. The zero-order valence-corrected chi connectivity index (χ0v) is 15.6. The standard InChI is InChI=1S/C22H26N2O3/c1-16-13-18-14-17(7-8-20(18)27-16)15-23-21(25)24-11-9-22(26,10-12-24)19-5-3-2-4-6-19/h2-8,14,16,26H,9-13,15H2,1H3,(H,23,25)/t16-/m0/s1. The van der Waals surface area contributed by atoms with Crippen molar-refractivity contribution in [2.45, 2.75) is 44.4 Å². The minimum atomic E-state index is -0.839. The lowest BCUT2D eigenvalue weighted by Gasteiger charge is -2.38. The second-order valence-electron chi connectivity index (χ2n) is 7.62. The molecule has 0 bridgehead atoms. The predicted octanol–water partition coefficient (Wildman–Crippen LogP) is 3.20. The summed E-state index contributed by atoms with van der Waals surface area (Å²) < 4.78 is 5.72. The highest BCUT2D eigenvalue weighted by Crippen LogP contribution is 2.33. The molecule has 27 heavy (non-hydrogen) atoms. The lowest BCUT2D eigenvalue weighted by Crippen LogP contribution is -2.48. The molecule has 0 radical (unpaired) electrons. The topological polar surface area (TPSA) is 61.8 Å². The molecule has 0 aliphatic carbocycles. The van der Waals surface area contributed by atoms with Crippen molar-refractivity contribution >= 4 is 6.03 Å². The molecule has 2 aromatic rings. The Morgan fingerprint density at radius 3 is 2.70 bits per heavy atom. The van der Waals surface area contributed by atoms with E-state index in [0.29, 0.717) is 32.5 Å². The molecule has 4 rings (SSSR count). The molecule has 0 aromatic heterocycles. The zero-order chi connectivity index (χ0) is 18.9. The Kier molecular flexibility index (Phi) is 4.79. The highest BCUT2D eigenvalue weighted by Gasteiger charge is 2.35. The lowest BCUT2D eigenvalue weighted by molar-refractivity contribution is -0.0168. The van der Waals surface area contributed by atoms with E-state index in [0.717, 1.165) is 23.3 Å². The van der Waals surface area contributed by atoms with E-state index in [9.17, 15) is 9.90 Å². The van der Waals surface area contributed by atoms with Gasteiger partial charge in [-0.25, -0.2) is 4.79 Å². The van der Waals surface area contributed by atoms with Gasteiger partial charge in [0.25, 0.3) is 0 Å². The first-order chi connectivity index (χ1) is 13.0. The first kappa shape index (κ1) is 17.9. The second-order valence-corrected chi connectivity index (χ2v) is 7.62. The van der Waals surface area contributed by atoms with E-state index in [1.165, 1.54) is 5.56 Å². The van der Waals surface area contributed by atoms with Crippen molar-refractivity contribution in [3.63, 3.8) is 0 Å². The van der Waals surface area contributed by atoms with Crippen LogP contribution in [0.25, 0.3) is 0 Å². The number of hydrogen-bond donors (Lipinski definition) is 2. The van der Waals surface area contributed by atoms with Gasteiger partial charge in [0.15, 0.2) is 0 Å². The number of aliphatic hydroxyl groups is 1. The van der Waals surface area contributed by atoms with E-state index in [4.69, 9.17) is 4.74 Å². The molecule has 0 saturated carbocycles. The Morgan fingerprint density at radius 1 is 1.22 bits per heavy atom. The summed E-state index contributed by atoms with van der Waals surface area (Å²) >= 11 is 0. The molecule has 1 saturated heterocycles. The number of hydrogen-bond acceptors (Lipinski definition) is 3. The van der Waals surface area contributed by atoms with Gasteiger partial charge in [-0.05, 0) is 42.5 Å². The molecule has 2 aliphatic rings. The van der Waals surface area contributed by atoms with Gasteiger partial charge in [-0.1, -0.05) is 42.5 Å². The number of likely N-dealkylation sites (tertiary alicyclic amines) is 1. The molecule has 0 spiro atoms. The Bertz CT molecular complexity index is 814. The molecule has 1 fully saturated rings. The highest BCUT2D eigenvalue weighted by molar-refractivity contribution is 5.74. The van der Waals surface area contributed by atoms with Crippen molar-refractivity contribution in [2.24, 2.45) is 0 Å². The van der Waals surface area contributed by atoms with Gasteiger partial charge in [-0.2, -0.15) is 0 Å². The van der Waals surface area contributed by atoms with Gasteiger partial charge < -0.3 is 20.1 Å². The molecule has 2 N–H and O–H groups in total. The third-order valence-electron chi connectivity index (χ3n) is 5.59. The van der Waals surface area contributed by atoms with E-state index < -0.39 is 5.60 Å². The maximum absolute atomic E-state index is 12.5. The van der Waals surface area contributed by atoms with E-state index >= 15 is 0 Å². The van der Waals surface area contributed by atoms with Crippen molar-refractivity contribution in [3.8, 4) is 5.75 Å². The zero-order valence-electron chi connectivity index (χ0n) is 15.6. The molecule has 142 valence electrons.